The first-order valence-corrected chi connectivity index (χ1v) is 12.2. The molecule has 0 bridgehead atoms. The highest BCUT2D eigenvalue weighted by Crippen LogP contribution is 2.46. The quantitative estimate of drug-likeness (QED) is 0.315. The molecule has 3 heterocycles. The van der Waals surface area contributed by atoms with Crippen molar-refractivity contribution in [2.24, 2.45) is 0 Å². The largest absolute Gasteiger partial charge is 0.497 e. The average Bonchev–Trinajstić information content (AvgIpc) is 3.63. The molecule has 0 saturated carbocycles. The van der Waals surface area contributed by atoms with E-state index in [1.165, 1.54) is 0 Å². The third-order valence-corrected chi connectivity index (χ3v) is 7.23. The molecule has 1 unspecified atom stereocenters. The Bertz CT molecular complexity index is 1670. The maximum atomic E-state index is 13.9. The summed E-state index contributed by atoms with van der Waals surface area (Å²) in [5, 5.41) is 1.09. The number of hydrogen-bond acceptors (Lipinski definition) is 4. The smallest absolute Gasteiger partial charge is 0.255 e. The van der Waals surface area contributed by atoms with Crippen LogP contribution in [0.25, 0.3) is 22.2 Å². The first-order chi connectivity index (χ1) is 18.2. The van der Waals surface area contributed by atoms with E-state index in [0.29, 0.717) is 12.3 Å². The fourth-order valence-electron chi connectivity index (χ4n) is 5.53. The molecule has 37 heavy (non-hydrogen) atoms. The molecular formula is C31H24N2O4. The van der Waals surface area contributed by atoms with Gasteiger partial charge in [0.15, 0.2) is 11.5 Å². The van der Waals surface area contributed by atoms with E-state index in [2.05, 4.69) is 29.2 Å². The summed E-state index contributed by atoms with van der Waals surface area (Å²) in [6, 6.07) is 29.8. The molecule has 4 aromatic carbocycles. The molecule has 2 aliphatic heterocycles. The Morgan fingerprint density at radius 1 is 0.919 bits per heavy atom. The maximum Gasteiger partial charge on any atom is 0.255 e. The van der Waals surface area contributed by atoms with Gasteiger partial charge in [-0.25, -0.2) is 0 Å². The zero-order valence-corrected chi connectivity index (χ0v) is 20.2. The maximum absolute atomic E-state index is 13.9. The summed E-state index contributed by atoms with van der Waals surface area (Å²) >= 11 is 0. The van der Waals surface area contributed by atoms with E-state index < -0.39 is 0 Å². The van der Waals surface area contributed by atoms with Crippen molar-refractivity contribution >= 4 is 16.8 Å². The number of methoxy groups -OCH3 is 1. The van der Waals surface area contributed by atoms with Gasteiger partial charge in [-0.15, -0.1) is 0 Å². The molecule has 0 saturated heterocycles. The molecule has 0 radical (unpaired) electrons. The third kappa shape index (κ3) is 3.44. The molecule has 1 amide bonds. The van der Waals surface area contributed by atoms with Crippen LogP contribution in [-0.4, -0.2) is 29.7 Å². The Morgan fingerprint density at radius 2 is 1.76 bits per heavy atom. The van der Waals surface area contributed by atoms with Crippen molar-refractivity contribution in [3.05, 3.63) is 113 Å². The lowest BCUT2D eigenvalue weighted by Crippen LogP contribution is -2.28. The van der Waals surface area contributed by atoms with Crippen molar-refractivity contribution in [2.75, 3.05) is 13.9 Å². The molecule has 6 heteroatoms. The minimum Gasteiger partial charge on any atom is -0.497 e. The zero-order chi connectivity index (χ0) is 24.9. The molecule has 0 fully saturated rings. The summed E-state index contributed by atoms with van der Waals surface area (Å²) in [6.45, 7) is 0.653. The Kier molecular flexibility index (Phi) is 4.92. The molecule has 1 aromatic heterocycles. The molecule has 5 aromatic rings. The molecule has 182 valence electrons. The second-order valence-corrected chi connectivity index (χ2v) is 9.30. The lowest BCUT2D eigenvalue weighted by Gasteiger charge is -2.27. The number of nitrogens with one attached hydrogen (secondary N) is 1. The SMILES string of the molecule is COc1cccc(-c2[nH]c3ccccc3c2C2c3ccccc3C(=O)N2Cc2ccc3c(c2)OCO3)c1. The lowest BCUT2D eigenvalue weighted by molar-refractivity contribution is 0.0737. The summed E-state index contributed by atoms with van der Waals surface area (Å²) in [6.07, 6.45) is 0. The number of benzene rings is 4. The highest BCUT2D eigenvalue weighted by atomic mass is 16.7. The number of amides is 1. The zero-order valence-electron chi connectivity index (χ0n) is 20.2. The van der Waals surface area contributed by atoms with Gasteiger partial charge < -0.3 is 24.1 Å². The van der Waals surface area contributed by atoms with Crippen molar-refractivity contribution in [1.29, 1.82) is 0 Å². The lowest BCUT2D eigenvalue weighted by atomic mass is 9.93. The number of rotatable bonds is 5. The number of H-pyrrole nitrogens is 1. The van der Waals surface area contributed by atoms with Crippen LogP contribution >= 0.6 is 0 Å². The topological polar surface area (TPSA) is 63.8 Å². The summed E-state index contributed by atoms with van der Waals surface area (Å²) in [5.74, 6) is 2.23. The van der Waals surface area contributed by atoms with Crippen LogP contribution in [0.5, 0.6) is 17.2 Å². The fraction of sp³-hybridized carbons (Fsp3) is 0.129. The number of aromatic nitrogens is 1. The Hall–Kier alpha value is -4.71. The molecule has 0 aliphatic carbocycles. The van der Waals surface area contributed by atoms with Crippen LogP contribution in [0.4, 0.5) is 0 Å². The molecule has 1 atom stereocenters. The highest BCUT2D eigenvalue weighted by Gasteiger charge is 2.40. The van der Waals surface area contributed by atoms with Gasteiger partial charge in [-0.3, -0.25) is 4.79 Å². The van der Waals surface area contributed by atoms with Gasteiger partial charge in [0.1, 0.15) is 5.75 Å². The summed E-state index contributed by atoms with van der Waals surface area (Å²) < 4.78 is 16.6. The number of aromatic amines is 1. The first-order valence-electron chi connectivity index (χ1n) is 12.2. The minimum absolute atomic E-state index is 0.0140. The van der Waals surface area contributed by atoms with Crippen LogP contribution in [-0.2, 0) is 6.54 Å². The molecule has 1 N–H and O–H groups in total. The number of nitrogens with zero attached hydrogens (tertiary/aromatic N) is 1. The molecule has 7 rings (SSSR count). The Morgan fingerprint density at radius 3 is 2.68 bits per heavy atom. The molecule has 2 aliphatic rings. The van der Waals surface area contributed by atoms with Gasteiger partial charge in [-0.2, -0.15) is 0 Å². The van der Waals surface area contributed by atoms with Crippen LogP contribution in [0.15, 0.2) is 91.0 Å². The minimum atomic E-state index is -0.272. The van der Waals surface area contributed by atoms with Crippen LogP contribution in [0.2, 0.25) is 0 Å². The second kappa shape index (κ2) is 8.45. The van der Waals surface area contributed by atoms with Crippen molar-refractivity contribution in [3.8, 4) is 28.5 Å². The summed E-state index contributed by atoms with van der Waals surface area (Å²) in [4.78, 5) is 19.5. The van der Waals surface area contributed by atoms with Crippen molar-refractivity contribution in [2.45, 2.75) is 12.6 Å². The molecule has 6 nitrogen and oxygen atoms in total. The van der Waals surface area contributed by atoms with E-state index in [9.17, 15) is 4.79 Å². The van der Waals surface area contributed by atoms with Crippen LogP contribution in [0, 0.1) is 0 Å². The predicted octanol–water partition coefficient (Wildman–Crippen LogP) is 6.32. The standard InChI is InChI=1S/C31H24N2O4/c1-35-21-8-6-7-20(16-21)29-28(24-11-4-5-12-25(24)32-29)30-22-9-2-3-10-23(22)31(34)33(30)17-19-13-14-26-27(15-19)37-18-36-26/h2-16,30,32H,17-18H2,1H3. The third-order valence-electron chi connectivity index (χ3n) is 7.23. The van der Waals surface area contributed by atoms with E-state index in [-0.39, 0.29) is 18.7 Å². The van der Waals surface area contributed by atoms with Gasteiger partial charge in [0.2, 0.25) is 6.79 Å². The van der Waals surface area contributed by atoms with E-state index in [1.807, 2.05) is 71.6 Å². The molecule has 0 spiro atoms. The summed E-state index contributed by atoms with van der Waals surface area (Å²) in [5.41, 5.74) is 6.80. The van der Waals surface area contributed by atoms with Crippen LogP contribution < -0.4 is 14.2 Å². The highest BCUT2D eigenvalue weighted by molar-refractivity contribution is 6.02. The fourth-order valence-corrected chi connectivity index (χ4v) is 5.53. The Balaban J connectivity index is 1.43. The van der Waals surface area contributed by atoms with E-state index in [1.54, 1.807) is 7.11 Å². The van der Waals surface area contributed by atoms with Crippen LogP contribution in [0.1, 0.15) is 33.1 Å². The van der Waals surface area contributed by atoms with E-state index in [4.69, 9.17) is 14.2 Å². The number of carbonyl (C=O) groups excluding carboxylic acids is 1. The van der Waals surface area contributed by atoms with Gasteiger partial charge in [0, 0.05) is 34.1 Å². The van der Waals surface area contributed by atoms with Gasteiger partial charge in [-0.1, -0.05) is 54.6 Å². The first kappa shape index (κ1) is 21.6. The van der Waals surface area contributed by atoms with E-state index >= 15 is 0 Å². The van der Waals surface area contributed by atoms with Crippen molar-refractivity contribution < 1.29 is 19.0 Å². The number of para-hydroxylation sites is 1. The van der Waals surface area contributed by atoms with Gasteiger partial charge >= 0.3 is 0 Å². The number of carbonyl (C=O) groups is 1. The van der Waals surface area contributed by atoms with Gasteiger partial charge in [0.05, 0.1) is 18.8 Å². The molecular weight excluding hydrogens is 464 g/mol. The predicted molar refractivity (Wildman–Crippen MR) is 141 cm³/mol. The van der Waals surface area contributed by atoms with Crippen molar-refractivity contribution in [3.63, 3.8) is 0 Å². The average molecular weight is 489 g/mol. The number of fused-ring (bicyclic) bond motifs is 3. The monoisotopic (exact) mass is 488 g/mol. The van der Waals surface area contributed by atoms with E-state index in [0.717, 1.165) is 55.9 Å². The normalized spacial score (nSPS) is 15.9. The van der Waals surface area contributed by atoms with Crippen molar-refractivity contribution in [1.82, 2.24) is 9.88 Å². The van der Waals surface area contributed by atoms with Gasteiger partial charge in [0.25, 0.3) is 5.91 Å². The van der Waals surface area contributed by atoms with Crippen LogP contribution in [0.3, 0.4) is 0 Å². The number of ether oxygens (including phenoxy) is 3. The second-order valence-electron chi connectivity index (χ2n) is 9.30. The number of hydrogen-bond donors (Lipinski definition) is 1. The van der Waals surface area contributed by atoms with Gasteiger partial charge in [-0.05, 0) is 47.5 Å². The Labute approximate surface area is 214 Å². The summed E-state index contributed by atoms with van der Waals surface area (Å²) in [7, 11) is 1.67.